The van der Waals surface area contributed by atoms with Gasteiger partial charge in [-0.05, 0) is 35.7 Å². The molecule has 3 heteroatoms. The largest absolute Gasteiger partial charge is 0.507 e. The molecule has 0 amide bonds. The molecule has 2 rings (SSSR count). The highest BCUT2D eigenvalue weighted by Crippen LogP contribution is 2.29. The lowest BCUT2D eigenvalue weighted by Gasteiger charge is -2.05. The molecule has 0 heterocycles. The van der Waals surface area contributed by atoms with Gasteiger partial charge in [-0.1, -0.05) is 22.9 Å². The maximum absolute atomic E-state index is 11.6. The summed E-state index contributed by atoms with van der Waals surface area (Å²) in [7, 11) is 0. The SMILES string of the molecule is CCC(=O)c1cc(O)c2ccc(Br)cc2c1. The summed E-state index contributed by atoms with van der Waals surface area (Å²) in [6.45, 7) is 1.81. The van der Waals surface area contributed by atoms with Crippen LogP contribution in [0.25, 0.3) is 10.8 Å². The minimum absolute atomic E-state index is 0.0391. The maximum atomic E-state index is 11.6. The fourth-order valence-corrected chi connectivity index (χ4v) is 2.06. The van der Waals surface area contributed by atoms with Crippen LogP contribution in [0, 0.1) is 0 Å². The Kier molecular flexibility index (Phi) is 2.97. The number of carbonyl (C=O) groups excluding carboxylic acids is 1. The van der Waals surface area contributed by atoms with Gasteiger partial charge in [0.15, 0.2) is 5.78 Å². The first-order chi connectivity index (χ1) is 7.61. The second-order valence-corrected chi connectivity index (χ2v) is 4.55. The molecule has 0 aliphatic heterocycles. The van der Waals surface area contributed by atoms with Gasteiger partial charge in [0.05, 0.1) is 0 Å². The summed E-state index contributed by atoms with van der Waals surface area (Å²) in [6.07, 6.45) is 0.443. The number of phenols is 1. The lowest BCUT2D eigenvalue weighted by atomic mass is 10.0. The third-order valence-corrected chi connectivity index (χ3v) is 3.03. The van der Waals surface area contributed by atoms with Crippen molar-refractivity contribution in [1.82, 2.24) is 0 Å². The Labute approximate surface area is 102 Å². The molecule has 0 aliphatic rings. The van der Waals surface area contributed by atoms with Gasteiger partial charge in [0.1, 0.15) is 5.75 Å². The van der Waals surface area contributed by atoms with Crippen LogP contribution in [-0.2, 0) is 0 Å². The quantitative estimate of drug-likeness (QED) is 0.846. The van der Waals surface area contributed by atoms with Gasteiger partial charge in [0.2, 0.25) is 0 Å². The predicted octanol–water partition coefficient (Wildman–Crippen LogP) is 3.90. The van der Waals surface area contributed by atoms with Crippen LogP contribution in [0.2, 0.25) is 0 Å². The highest BCUT2D eigenvalue weighted by Gasteiger charge is 2.08. The molecule has 0 spiro atoms. The van der Waals surface area contributed by atoms with Crippen molar-refractivity contribution in [2.24, 2.45) is 0 Å². The Morgan fingerprint density at radius 2 is 2.06 bits per heavy atom. The van der Waals surface area contributed by atoms with Crippen molar-refractivity contribution in [2.75, 3.05) is 0 Å². The first-order valence-electron chi connectivity index (χ1n) is 5.07. The van der Waals surface area contributed by atoms with Crippen LogP contribution in [0.15, 0.2) is 34.8 Å². The highest BCUT2D eigenvalue weighted by molar-refractivity contribution is 9.10. The minimum atomic E-state index is 0.0391. The molecule has 2 aromatic rings. The first-order valence-corrected chi connectivity index (χ1v) is 5.86. The monoisotopic (exact) mass is 278 g/mol. The van der Waals surface area contributed by atoms with Gasteiger partial charge < -0.3 is 5.11 Å². The van der Waals surface area contributed by atoms with Crippen LogP contribution in [0.4, 0.5) is 0 Å². The molecule has 0 aromatic heterocycles. The van der Waals surface area contributed by atoms with E-state index >= 15 is 0 Å². The fourth-order valence-electron chi connectivity index (χ4n) is 1.69. The molecule has 0 saturated heterocycles. The Morgan fingerprint density at radius 3 is 2.75 bits per heavy atom. The molecule has 82 valence electrons. The van der Waals surface area contributed by atoms with Crippen LogP contribution in [-0.4, -0.2) is 10.9 Å². The van der Waals surface area contributed by atoms with Crippen molar-refractivity contribution in [3.05, 3.63) is 40.4 Å². The van der Waals surface area contributed by atoms with E-state index in [2.05, 4.69) is 15.9 Å². The van der Waals surface area contributed by atoms with Crippen LogP contribution >= 0.6 is 15.9 Å². The molecule has 0 aliphatic carbocycles. The molecule has 2 nitrogen and oxygen atoms in total. The van der Waals surface area contributed by atoms with Crippen molar-refractivity contribution in [1.29, 1.82) is 0 Å². The summed E-state index contributed by atoms with van der Waals surface area (Å²) in [5, 5.41) is 11.4. The topological polar surface area (TPSA) is 37.3 Å². The van der Waals surface area contributed by atoms with E-state index in [9.17, 15) is 9.90 Å². The zero-order chi connectivity index (χ0) is 11.7. The standard InChI is InChI=1S/C13H11BrO2/c1-2-12(15)9-5-8-6-10(14)3-4-11(8)13(16)7-9/h3-7,16H,2H2,1H3. The van der Waals surface area contributed by atoms with Gasteiger partial charge in [-0.3, -0.25) is 4.79 Å². The molecule has 16 heavy (non-hydrogen) atoms. The molecular weight excluding hydrogens is 268 g/mol. The van der Waals surface area contributed by atoms with E-state index in [1.807, 2.05) is 31.2 Å². The molecule has 0 atom stereocenters. The predicted molar refractivity (Wildman–Crippen MR) is 67.9 cm³/mol. The van der Waals surface area contributed by atoms with E-state index in [1.54, 1.807) is 0 Å². The molecule has 0 bridgehead atoms. The fraction of sp³-hybridized carbons (Fsp3) is 0.154. The van der Waals surface area contributed by atoms with E-state index in [0.29, 0.717) is 12.0 Å². The molecular formula is C13H11BrO2. The van der Waals surface area contributed by atoms with E-state index < -0.39 is 0 Å². The van der Waals surface area contributed by atoms with Crippen LogP contribution in [0.5, 0.6) is 5.75 Å². The van der Waals surface area contributed by atoms with Gasteiger partial charge in [0.25, 0.3) is 0 Å². The summed E-state index contributed by atoms with van der Waals surface area (Å²) < 4.78 is 0.931. The first kappa shape index (κ1) is 11.1. The number of fused-ring (bicyclic) bond motifs is 1. The molecule has 1 N–H and O–H groups in total. The van der Waals surface area contributed by atoms with Gasteiger partial charge in [-0.2, -0.15) is 0 Å². The average molecular weight is 279 g/mol. The van der Waals surface area contributed by atoms with Gasteiger partial charge >= 0.3 is 0 Å². The summed E-state index contributed by atoms with van der Waals surface area (Å²) in [5.41, 5.74) is 0.561. The van der Waals surface area contributed by atoms with Crippen molar-refractivity contribution < 1.29 is 9.90 Å². The smallest absolute Gasteiger partial charge is 0.162 e. The second kappa shape index (κ2) is 4.26. The number of carbonyl (C=O) groups is 1. The van der Waals surface area contributed by atoms with E-state index in [0.717, 1.165) is 15.2 Å². The summed E-state index contributed by atoms with van der Waals surface area (Å²) in [4.78, 5) is 11.6. The van der Waals surface area contributed by atoms with Crippen LogP contribution in [0.3, 0.4) is 0 Å². The second-order valence-electron chi connectivity index (χ2n) is 3.64. The van der Waals surface area contributed by atoms with Crippen molar-refractivity contribution in [3.63, 3.8) is 0 Å². The normalized spacial score (nSPS) is 10.6. The van der Waals surface area contributed by atoms with E-state index in [-0.39, 0.29) is 11.5 Å². The van der Waals surface area contributed by atoms with Gasteiger partial charge in [0, 0.05) is 21.8 Å². The third kappa shape index (κ3) is 1.95. The number of phenolic OH excluding ortho intramolecular Hbond substituents is 1. The number of Topliss-reactive ketones (excluding diaryl/α,β-unsaturated/α-hetero) is 1. The minimum Gasteiger partial charge on any atom is -0.507 e. The summed E-state index contributed by atoms with van der Waals surface area (Å²) in [5.74, 6) is 0.193. The van der Waals surface area contributed by atoms with Crippen molar-refractivity contribution >= 4 is 32.5 Å². The van der Waals surface area contributed by atoms with E-state index in [1.165, 1.54) is 6.07 Å². The molecule has 0 fully saturated rings. The van der Waals surface area contributed by atoms with Gasteiger partial charge in [-0.25, -0.2) is 0 Å². The van der Waals surface area contributed by atoms with Crippen molar-refractivity contribution in [3.8, 4) is 5.75 Å². The van der Waals surface area contributed by atoms with Gasteiger partial charge in [-0.15, -0.1) is 0 Å². The third-order valence-electron chi connectivity index (χ3n) is 2.54. The zero-order valence-corrected chi connectivity index (χ0v) is 10.4. The van der Waals surface area contributed by atoms with Crippen molar-refractivity contribution in [2.45, 2.75) is 13.3 Å². The van der Waals surface area contributed by atoms with Crippen LogP contribution in [0.1, 0.15) is 23.7 Å². The Hall–Kier alpha value is -1.35. The number of ketones is 1. The zero-order valence-electron chi connectivity index (χ0n) is 8.83. The number of halogens is 1. The summed E-state index contributed by atoms with van der Waals surface area (Å²) >= 11 is 3.37. The molecule has 0 unspecified atom stereocenters. The Bertz CT molecular complexity index is 561. The lowest BCUT2D eigenvalue weighted by Crippen LogP contribution is -1.96. The Balaban J connectivity index is 2.69. The average Bonchev–Trinajstić information content (AvgIpc) is 2.27. The molecule has 0 radical (unpaired) electrons. The van der Waals surface area contributed by atoms with Crippen LogP contribution < -0.4 is 0 Å². The maximum Gasteiger partial charge on any atom is 0.162 e. The molecule has 0 saturated carbocycles. The Morgan fingerprint density at radius 1 is 1.31 bits per heavy atom. The molecule has 2 aromatic carbocycles. The highest BCUT2D eigenvalue weighted by atomic mass is 79.9. The summed E-state index contributed by atoms with van der Waals surface area (Å²) in [6, 6.07) is 8.92. The number of rotatable bonds is 2. The lowest BCUT2D eigenvalue weighted by molar-refractivity contribution is 0.0988. The number of aromatic hydroxyl groups is 1. The number of hydrogen-bond donors (Lipinski definition) is 1. The van der Waals surface area contributed by atoms with E-state index in [4.69, 9.17) is 0 Å². The number of hydrogen-bond acceptors (Lipinski definition) is 2. The number of benzene rings is 2.